The van der Waals surface area contributed by atoms with Crippen LogP contribution in [0.5, 0.6) is 0 Å². The zero-order chi connectivity index (χ0) is 12.5. The van der Waals surface area contributed by atoms with Crippen LogP contribution in [0.3, 0.4) is 0 Å². The number of rotatable bonds is 8. The zero-order valence-corrected chi connectivity index (χ0v) is 12.0. The predicted octanol–water partition coefficient (Wildman–Crippen LogP) is 1.65. The van der Waals surface area contributed by atoms with Crippen LogP contribution < -0.4 is 5.32 Å². The summed E-state index contributed by atoms with van der Waals surface area (Å²) < 4.78 is 0. The molecule has 0 aromatic carbocycles. The van der Waals surface area contributed by atoms with Crippen LogP contribution in [0.4, 0.5) is 0 Å². The van der Waals surface area contributed by atoms with E-state index in [-0.39, 0.29) is 0 Å². The van der Waals surface area contributed by atoms with Crippen molar-refractivity contribution in [2.75, 3.05) is 52.4 Å². The van der Waals surface area contributed by atoms with E-state index in [2.05, 4.69) is 35.9 Å². The highest BCUT2D eigenvalue weighted by Gasteiger charge is 2.16. The van der Waals surface area contributed by atoms with E-state index >= 15 is 0 Å². The third kappa shape index (κ3) is 7.02. The minimum Gasteiger partial charge on any atom is -0.315 e. The topological polar surface area (TPSA) is 18.5 Å². The molecule has 1 saturated heterocycles. The molecule has 0 saturated carbocycles. The number of nitrogens with one attached hydrogen (secondary N) is 1. The van der Waals surface area contributed by atoms with E-state index in [9.17, 15) is 0 Å². The van der Waals surface area contributed by atoms with E-state index in [0.29, 0.717) is 0 Å². The van der Waals surface area contributed by atoms with E-state index in [1.165, 1.54) is 58.7 Å². The first-order valence-electron chi connectivity index (χ1n) is 7.37. The van der Waals surface area contributed by atoms with E-state index in [1.54, 1.807) is 0 Å². The summed E-state index contributed by atoms with van der Waals surface area (Å²) in [7, 11) is 0. The summed E-state index contributed by atoms with van der Waals surface area (Å²) in [6, 6.07) is 0. The normalized spacial score (nSPS) is 19.1. The SMILES string of the molecule is CCCCNCCN1CCN(CC(C)C)CC1. The molecule has 1 fully saturated rings. The number of hydrogen-bond donors (Lipinski definition) is 1. The molecule has 3 nitrogen and oxygen atoms in total. The second kappa shape index (κ2) is 8.90. The fraction of sp³-hybridized carbons (Fsp3) is 1.00. The van der Waals surface area contributed by atoms with E-state index in [1.807, 2.05) is 0 Å². The van der Waals surface area contributed by atoms with Crippen LogP contribution in [-0.2, 0) is 0 Å². The quantitative estimate of drug-likeness (QED) is 0.652. The first-order valence-corrected chi connectivity index (χ1v) is 7.37. The smallest absolute Gasteiger partial charge is 0.0110 e. The highest BCUT2D eigenvalue weighted by Crippen LogP contribution is 2.04. The highest BCUT2D eigenvalue weighted by molar-refractivity contribution is 4.73. The monoisotopic (exact) mass is 241 g/mol. The second-order valence-electron chi connectivity index (χ2n) is 5.64. The Balaban J connectivity index is 1.99. The fourth-order valence-electron chi connectivity index (χ4n) is 2.38. The molecule has 0 aromatic rings. The molecule has 0 spiro atoms. The standard InChI is InChI=1S/C14H31N3/c1-4-5-6-15-7-8-16-9-11-17(12-10-16)13-14(2)3/h14-15H,4-13H2,1-3H3. The molecular weight excluding hydrogens is 210 g/mol. The number of piperazine rings is 1. The van der Waals surface area contributed by atoms with Gasteiger partial charge in [0, 0.05) is 45.8 Å². The van der Waals surface area contributed by atoms with Gasteiger partial charge < -0.3 is 10.2 Å². The number of hydrogen-bond acceptors (Lipinski definition) is 3. The van der Waals surface area contributed by atoms with Gasteiger partial charge in [0.25, 0.3) is 0 Å². The fourth-order valence-corrected chi connectivity index (χ4v) is 2.38. The lowest BCUT2D eigenvalue weighted by molar-refractivity contribution is 0.123. The van der Waals surface area contributed by atoms with E-state index < -0.39 is 0 Å². The zero-order valence-electron chi connectivity index (χ0n) is 12.0. The molecule has 0 unspecified atom stereocenters. The van der Waals surface area contributed by atoms with Crippen LogP contribution in [-0.4, -0.2) is 62.2 Å². The predicted molar refractivity (Wildman–Crippen MR) is 75.5 cm³/mol. The van der Waals surface area contributed by atoms with Gasteiger partial charge in [-0.1, -0.05) is 27.2 Å². The Morgan fingerprint density at radius 3 is 2.24 bits per heavy atom. The van der Waals surface area contributed by atoms with E-state index in [0.717, 1.165) is 12.5 Å². The van der Waals surface area contributed by atoms with Gasteiger partial charge in [-0.15, -0.1) is 0 Å². The van der Waals surface area contributed by atoms with Gasteiger partial charge in [-0.3, -0.25) is 4.90 Å². The Labute approximate surface area is 108 Å². The van der Waals surface area contributed by atoms with Crippen LogP contribution in [0.2, 0.25) is 0 Å². The summed E-state index contributed by atoms with van der Waals surface area (Å²) in [6.07, 6.45) is 2.60. The Kier molecular flexibility index (Phi) is 7.82. The first-order chi connectivity index (χ1) is 8.22. The number of unbranched alkanes of at least 4 members (excludes halogenated alkanes) is 1. The highest BCUT2D eigenvalue weighted by atomic mass is 15.3. The van der Waals surface area contributed by atoms with Crippen LogP contribution in [0.1, 0.15) is 33.6 Å². The summed E-state index contributed by atoms with van der Waals surface area (Å²) in [6.45, 7) is 16.7. The minimum atomic E-state index is 0.803. The van der Waals surface area contributed by atoms with Crippen molar-refractivity contribution in [1.29, 1.82) is 0 Å². The van der Waals surface area contributed by atoms with E-state index in [4.69, 9.17) is 0 Å². The maximum atomic E-state index is 3.52. The molecule has 1 aliphatic heterocycles. The third-order valence-corrected chi connectivity index (χ3v) is 3.40. The van der Waals surface area contributed by atoms with Crippen LogP contribution in [0.15, 0.2) is 0 Å². The molecule has 0 aromatic heterocycles. The third-order valence-electron chi connectivity index (χ3n) is 3.40. The van der Waals surface area contributed by atoms with Crippen molar-refractivity contribution in [3.63, 3.8) is 0 Å². The van der Waals surface area contributed by atoms with Crippen molar-refractivity contribution in [1.82, 2.24) is 15.1 Å². The maximum absolute atomic E-state index is 3.52. The Morgan fingerprint density at radius 2 is 1.65 bits per heavy atom. The van der Waals surface area contributed by atoms with Crippen LogP contribution >= 0.6 is 0 Å². The molecule has 102 valence electrons. The van der Waals surface area contributed by atoms with Gasteiger partial charge in [-0.25, -0.2) is 0 Å². The molecule has 0 bridgehead atoms. The van der Waals surface area contributed by atoms with Crippen molar-refractivity contribution < 1.29 is 0 Å². The second-order valence-corrected chi connectivity index (χ2v) is 5.64. The molecule has 0 atom stereocenters. The summed E-state index contributed by atoms with van der Waals surface area (Å²) >= 11 is 0. The van der Waals surface area contributed by atoms with Crippen LogP contribution in [0, 0.1) is 5.92 Å². The van der Waals surface area contributed by atoms with Crippen molar-refractivity contribution in [2.24, 2.45) is 5.92 Å². The van der Waals surface area contributed by atoms with Gasteiger partial charge in [0.15, 0.2) is 0 Å². The molecule has 0 amide bonds. The molecular formula is C14H31N3. The largest absolute Gasteiger partial charge is 0.315 e. The summed E-state index contributed by atoms with van der Waals surface area (Å²) in [4.78, 5) is 5.20. The van der Waals surface area contributed by atoms with Gasteiger partial charge in [-0.05, 0) is 18.9 Å². The lowest BCUT2D eigenvalue weighted by Gasteiger charge is -2.35. The molecule has 1 aliphatic rings. The lowest BCUT2D eigenvalue weighted by Crippen LogP contribution is -2.48. The molecule has 0 aliphatic carbocycles. The molecule has 0 radical (unpaired) electrons. The molecule has 1 N–H and O–H groups in total. The molecule has 1 heterocycles. The summed E-state index contributed by atoms with van der Waals surface area (Å²) in [5.74, 6) is 0.803. The maximum Gasteiger partial charge on any atom is 0.0110 e. The van der Waals surface area contributed by atoms with Crippen molar-refractivity contribution in [3.05, 3.63) is 0 Å². The van der Waals surface area contributed by atoms with Gasteiger partial charge >= 0.3 is 0 Å². The van der Waals surface area contributed by atoms with Crippen molar-refractivity contribution in [2.45, 2.75) is 33.6 Å². The molecule has 1 rings (SSSR count). The first kappa shape index (κ1) is 14.9. The average molecular weight is 241 g/mol. The van der Waals surface area contributed by atoms with Gasteiger partial charge in [0.2, 0.25) is 0 Å². The summed E-state index contributed by atoms with van der Waals surface area (Å²) in [5, 5.41) is 3.52. The Bertz CT molecular complexity index is 174. The van der Waals surface area contributed by atoms with Gasteiger partial charge in [0.1, 0.15) is 0 Å². The Morgan fingerprint density at radius 1 is 1.00 bits per heavy atom. The average Bonchev–Trinajstić information content (AvgIpc) is 2.30. The van der Waals surface area contributed by atoms with Gasteiger partial charge in [0.05, 0.1) is 0 Å². The lowest BCUT2D eigenvalue weighted by atomic mass is 10.2. The molecule has 3 heteroatoms. The summed E-state index contributed by atoms with van der Waals surface area (Å²) in [5.41, 5.74) is 0. The van der Waals surface area contributed by atoms with Crippen LogP contribution in [0.25, 0.3) is 0 Å². The van der Waals surface area contributed by atoms with Crippen molar-refractivity contribution >= 4 is 0 Å². The minimum absolute atomic E-state index is 0.803. The molecule has 17 heavy (non-hydrogen) atoms. The number of nitrogens with zero attached hydrogens (tertiary/aromatic N) is 2. The van der Waals surface area contributed by atoms with Crippen molar-refractivity contribution in [3.8, 4) is 0 Å². The Hall–Kier alpha value is -0.120. The van der Waals surface area contributed by atoms with Gasteiger partial charge in [-0.2, -0.15) is 0 Å².